The Balaban J connectivity index is 2.44. The smallest absolute Gasteiger partial charge is 0.0821 e. The van der Waals surface area contributed by atoms with Gasteiger partial charge in [0, 0.05) is 11.3 Å². The molecule has 5 atom stereocenters. The first-order valence-corrected chi connectivity index (χ1v) is 6.10. The van der Waals surface area contributed by atoms with E-state index in [1.807, 2.05) is 6.08 Å². The monoisotopic (exact) mass is 222 g/mol. The van der Waals surface area contributed by atoms with Crippen molar-refractivity contribution in [1.29, 1.82) is 0 Å². The van der Waals surface area contributed by atoms with Crippen LogP contribution in [0.25, 0.3) is 0 Å². The Kier molecular flexibility index (Phi) is 2.97. The third-order valence-corrected chi connectivity index (χ3v) is 4.82. The molecule has 1 heterocycles. The van der Waals surface area contributed by atoms with Crippen LogP contribution in [0.2, 0.25) is 0 Å². The molecule has 2 heteroatoms. The molecule has 0 aromatic carbocycles. The Morgan fingerprint density at radius 2 is 2.31 bits per heavy atom. The van der Waals surface area contributed by atoms with Gasteiger partial charge < -0.3 is 9.84 Å². The first-order valence-electron chi connectivity index (χ1n) is 6.10. The molecule has 2 aliphatic rings. The van der Waals surface area contributed by atoms with Gasteiger partial charge in [-0.05, 0) is 18.8 Å². The molecule has 0 radical (unpaired) electrons. The SMILES string of the molecule is C=C[C@@H]1OC[C@@]2(CO)[C@@H](C)C=C(C)[C@@H]1[C@@H]2C. The standard InChI is InChI=1S/C14H22O2/c1-5-12-13-9(2)6-10(3)14(7-15,8-16-12)11(13)4/h5-6,10-13,15H,1,7-8H2,2-4H3/t10-,11-,12-,13+,14-/m0/s1. The highest BCUT2D eigenvalue weighted by Gasteiger charge is 2.52. The van der Waals surface area contributed by atoms with Crippen molar-refractivity contribution >= 4 is 0 Å². The van der Waals surface area contributed by atoms with E-state index in [2.05, 4.69) is 33.4 Å². The van der Waals surface area contributed by atoms with E-state index in [1.165, 1.54) is 5.57 Å². The minimum absolute atomic E-state index is 0.0936. The second-order valence-corrected chi connectivity index (χ2v) is 5.42. The molecule has 90 valence electrons. The average Bonchev–Trinajstić information content (AvgIpc) is 2.26. The predicted molar refractivity (Wildman–Crippen MR) is 65.0 cm³/mol. The van der Waals surface area contributed by atoms with Crippen molar-refractivity contribution in [3.8, 4) is 0 Å². The second kappa shape index (κ2) is 4.01. The van der Waals surface area contributed by atoms with Gasteiger partial charge in [0.05, 0.1) is 19.3 Å². The Morgan fingerprint density at radius 1 is 1.62 bits per heavy atom. The maximum Gasteiger partial charge on any atom is 0.0821 e. The zero-order valence-corrected chi connectivity index (χ0v) is 10.4. The largest absolute Gasteiger partial charge is 0.396 e. The number of hydrogen-bond acceptors (Lipinski definition) is 2. The summed E-state index contributed by atoms with van der Waals surface area (Å²) in [7, 11) is 0. The van der Waals surface area contributed by atoms with Crippen molar-refractivity contribution in [1.82, 2.24) is 0 Å². The van der Waals surface area contributed by atoms with Crippen LogP contribution in [0.1, 0.15) is 20.8 Å². The van der Waals surface area contributed by atoms with Crippen LogP contribution in [0, 0.1) is 23.2 Å². The Labute approximate surface area is 98.0 Å². The van der Waals surface area contributed by atoms with Crippen molar-refractivity contribution in [2.45, 2.75) is 26.9 Å². The van der Waals surface area contributed by atoms with E-state index in [0.29, 0.717) is 24.4 Å². The molecule has 0 aromatic rings. The van der Waals surface area contributed by atoms with Crippen LogP contribution in [-0.2, 0) is 4.74 Å². The lowest BCUT2D eigenvalue weighted by Crippen LogP contribution is -2.55. The van der Waals surface area contributed by atoms with Gasteiger partial charge in [0.25, 0.3) is 0 Å². The van der Waals surface area contributed by atoms with Crippen LogP contribution in [0.4, 0.5) is 0 Å². The molecule has 1 N–H and O–H groups in total. The minimum Gasteiger partial charge on any atom is -0.396 e. The minimum atomic E-state index is -0.0936. The highest BCUT2D eigenvalue weighted by molar-refractivity contribution is 5.22. The summed E-state index contributed by atoms with van der Waals surface area (Å²) in [4.78, 5) is 0. The maximum atomic E-state index is 9.74. The van der Waals surface area contributed by atoms with Crippen molar-refractivity contribution < 1.29 is 9.84 Å². The molecule has 1 aliphatic carbocycles. The topological polar surface area (TPSA) is 29.5 Å². The van der Waals surface area contributed by atoms with Crippen LogP contribution < -0.4 is 0 Å². The number of hydrogen-bond donors (Lipinski definition) is 1. The summed E-state index contributed by atoms with van der Waals surface area (Å²) >= 11 is 0. The molecular weight excluding hydrogens is 200 g/mol. The van der Waals surface area contributed by atoms with Gasteiger partial charge in [0.15, 0.2) is 0 Å². The molecule has 1 fully saturated rings. The van der Waals surface area contributed by atoms with Crippen LogP contribution in [-0.4, -0.2) is 24.4 Å². The first-order chi connectivity index (χ1) is 7.56. The van der Waals surface area contributed by atoms with E-state index in [0.717, 1.165) is 0 Å². The molecule has 0 unspecified atom stereocenters. The molecule has 0 spiro atoms. The summed E-state index contributed by atoms with van der Waals surface area (Å²) in [6.07, 6.45) is 4.31. The van der Waals surface area contributed by atoms with Gasteiger partial charge in [0.2, 0.25) is 0 Å². The van der Waals surface area contributed by atoms with Crippen LogP contribution in [0.15, 0.2) is 24.3 Å². The van der Waals surface area contributed by atoms with Crippen molar-refractivity contribution in [2.75, 3.05) is 13.2 Å². The van der Waals surface area contributed by atoms with Crippen LogP contribution in [0.5, 0.6) is 0 Å². The molecule has 2 nitrogen and oxygen atoms in total. The highest BCUT2D eigenvalue weighted by Crippen LogP contribution is 2.52. The summed E-state index contributed by atoms with van der Waals surface area (Å²) in [5.41, 5.74) is 1.29. The van der Waals surface area contributed by atoms with Crippen molar-refractivity contribution in [3.05, 3.63) is 24.3 Å². The number of aliphatic hydroxyl groups is 1. The zero-order valence-electron chi connectivity index (χ0n) is 10.4. The van der Waals surface area contributed by atoms with Crippen molar-refractivity contribution in [2.24, 2.45) is 23.2 Å². The molecule has 1 saturated heterocycles. The van der Waals surface area contributed by atoms with Gasteiger partial charge in [-0.2, -0.15) is 0 Å². The Hall–Kier alpha value is -0.600. The lowest BCUT2D eigenvalue weighted by atomic mass is 9.56. The molecule has 1 aliphatic heterocycles. The Morgan fingerprint density at radius 3 is 2.88 bits per heavy atom. The fourth-order valence-electron chi connectivity index (χ4n) is 3.55. The quantitative estimate of drug-likeness (QED) is 0.727. The number of fused-ring (bicyclic) bond motifs is 2. The van der Waals surface area contributed by atoms with Gasteiger partial charge in [0.1, 0.15) is 0 Å². The van der Waals surface area contributed by atoms with Gasteiger partial charge >= 0.3 is 0 Å². The molecule has 0 aromatic heterocycles. The molecule has 16 heavy (non-hydrogen) atoms. The number of rotatable bonds is 2. The highest BCUT2D eigenvalue weighted by atomic mass is 16.5. The van der Waals surface area contributed by atoms with E-state index >= 15 is 0 Å². The summed E-state index contributed by atoms with van der Waals surface area (Å²) < 4.78 is 5.88. The van der Waals surface area contributed by atoms with E-state index in [-0.39, 0.29) is 18.1 Å². The van der Waals surface area contributed by atoms with E-state index in [4.69, 9.17) is 4.74 Å². The summed E-state index contributed by atoms with van der Waals surface area (Å²) in [6.45, 7) is 11.3. The molecule has 0 saturated carbocycles. The van der Waals surface area contributed by atoms with Gasteiger partial charge in [-0.3, -0.25) is 0 Å². The number of allylic oxidation sites excluding steroid dienone is 1. The van der Waals surface area contributed by atoms with Crippen LogP contribution >= 0.6 is 0 Å². The average molecular weight is 222 g/mol. The molecule has 2 rings (SSSR count). The lowest BCUT2D eigenvalue weighted by molar-refractivity contribution is -0.148. The fourth-order valence-corrected chi connectivity index (χ4v) is 3.55. The summed E-state index contributed by atoms with van der Waals surface area (Å²) in [5, 5.41) is 9.74. The fraction of sp³-hybridized carbons (Fsp3) is 0.714. The van der Waals surface area contributed by atoms with Gasteiger partial charge in [-0.15, -0.1) is 6.58 Å². The molecule has 0 amide bonds. The summed E-state index contributed by atoms with van der Waals surface area (Å²) in [5.74, 6) is 1.22. The predicted octanol–water partition coefficient (Wildman–Crippen LogP) is 2.40. The second-order valence-electron chi connectivity index (χ2n) is 5.42. The molecule has 2 bridgehead atoms. The van der Waals surface area contributed by atoms with E-state index in [9.17, 15) is 5.11 Å². The van der Waals surface area contributed by atoms with Crippen molar-refractivity contribution in [3.63, 3.8) is 0 Å². The van der Waals surface area contributed by atoms with E-state index < -0.39 is 0 Å². The first kappa shape index (κ1) is 11.9. The third-order valence-electron chi connectivity index (χ3n) is 4.82. The Bertz CT molecular complexity index is 321. The van der Waals surface area contributed by atoms with Gasteiger partial charge in [-0.1, -0.05) is 31.6 Å². The van der Waals surface area contributed by atoms with Gasteiger partial charge in [-0.25, -0.2) is 0 Å². The maximum absolute atomic E-state index is 9.74. The number of aliphatic hydroxyl groups excluding tert-OH is 1. The zero-order chi connectivity index (χ0) is 11.9. The lowest BCUT2D eigenvalue weighted by Gasteiger charge is -2.54. The van der Waals surface area contributed by atoms with E-state index in [1.54, 1.807) is 0 Å². The third kappa shape index (κ3) is 1.40. The number of ether oxygens (including phenoxy) is 1. The van der Waals surface area contributed by atoms with Crippen LogP contribution in [0.3, 0.4) is 0 Å². The normalized spacial score (nSPS) is 47.4. The molecular formula is C14H22O2. The summed E-state index contributed by atoms with van der Waals surface area (Å²) in [6, 6.07) is 0.